The van der Waals surface area contributed by atoms with Crippen LogP contribution in [0.3, 0.4) is 0 Å². The van der Waals surface area contributed by atoms with Gasteiger partial charge in [-0.15, -0.1) is 0 Å². The van der Waals surface area contributed by atoms with Gasteiger partial charge in [0.15, 0.2) is 0 Å². The molecule has 2 aliphatic rings. The van der Waals surface area contributed by atoms with Crippen LogP contribution in [0.4, 0.5) is 0 Å². The maximum absolute atomic E-state index is 10.6. The van der Waals surface area contributed by atoms with Gasteiger partial charge in [-0.1, -0.05) is 30.7 Å². The van der Waals surface area contributed by atoms with Crippen molar-refractivity contribution in [2.75, 3.05) is 0 Å². The SMILES string of the molecule is OC(c1cccc2cccnc12)C1C2CCCC21. The highest BCUT2D eigenvalue weighted by Gasteiger charge is 2.56. The summed E-state index contributed by atoms with van der Waals surface area (Å²) >= 11 is 0. The molecular weight excluding hydrogens is 222 g/mol. The number of nitrogens with zero attached hydrogens (tertiary/aromatic N) is 1. The monoisotopic (exact) mass is 239 g/mol. The molecule has 1 heterocycles. The van der Waals surface area contributed by atoms with Crippen LogP contribution in [-0.4, -0.2) is 10.1 Å². The third-order valence-electron chi connectivity index (χ3n) is 4.82. The quantitative estimate of drug-likeness (QED) is 0.872. The summed E-state index contributed by atoms with van der Waals surface area (Å²) in [6, 6.07) is 10.1. The lowest BCUT2D eigenvalue weighted by Crippen LogP contribution is -2.05. The number of benzene rings is 1. The summed E-state index contributed by atoms with van der Waals surface area (Å²) in [5.74, 6) is 2.05. The second kappa shape index (κ2) is 3.79. The Morgan fingerprint density at radius 3 is 2.72 bits per heavy atom. The van der Waals surface area contributed by atoms with E-state index in [2.05, 4.69) is 17.1 Å². The molecule has 2 saturated carbocycles. The fourth-order valence-electron chi connectivity index (χ4n) is 3.92. The van der Waals surface area contributed by atoms with E-state index < -0.39 is 0 Å². The van der Waals surface area contributed by atoms with Gasteiger partial charge >= 0.3 is 0 Å². The third kappa shape index (κ3) is 1.42. The molecule has 2 nitrogen and oxygen atoms in total. The van der Waals surface area contributed by atoms with E-state index in [-0.39, 0.29) is 6.10 Å². The molecule has 2 heteroatoms. The first-order valence-electron chi connectivity index (χ1n) is 6.88. The number of pyridine rings is 1. The van der Waals surface area contributed by atoms with Crippen LogP contribution in [0.1, 0.15) is 30.9 Å². The molecule has 1 aromatic carbocycles. The van der Waals surface area contributed by atoms with Gasteiger partial charge in [-0.05, 0) is 36.7 Å². The second-order valence-corrected chi connectivity index (χ2v) is 5.70. The van der Waals surface area contributed by atoms with Crippen LogP contribution in [0.5, 0.6) is 0 Å². The first-order chi connectivity index (χ1) is 8.86. The van der Waals surface area contributed by atoms with E-state index in [1.54, 1.807) is 0 Å². The molecule has 0 amide bonds. The number of rotatable bonds is 2. The van der Waals surface area contributed by atoms with Crippen LogP contribution >= 0.6 is 0 Å². The standard InChI is InChI=1S/C16H17NO/c18-16(14-11-6-2-7-12(11)14)13-8-1-4-10-5-3-9-17-15(10)13/h1,3-5,8-9,11-12,14,16,18H,2,6-7H2. The number of para-hydroxylation sites is 1. The molecule has 2 aliphatic carbocycles. The smallest absolute Gasteiger partial charge is 0.0844 e. The van der Waals surface area contributed by atoms with Gasteiger partial charge in [0.25, 0.3) is 0 Å². The molecule has 0 aliphatic heterocycles. The van der Waals surface area contributed by atoms with E-state index in [0.29, 0.717) is 5.92 Å². The van der Waals surface area contributed by atoms with E-state index >= 15 is 0 Å². The van der Waals surface area contributed by atoms with Crippen LogP contribution in [0.25, 0.3) is 10.9 Å². The Kier molecular flexibility index (Phi) is 2.21. The topological polar surface area (TPSA) is 33.1 Å². The van der Waals surface area contributed by atoms with Gasteiger partial charge in [0.05, 0.1) is 11.6 Å². The number of aliphatic hydroxyl groups excluding tert-OH is 1. The molecule has 0 bridgehead atoms. The van der Waals surface area contributed by atoms with Gasteiger partial charge < -0.3 is 5.11 Å². The number of hydrogen-bond donors (Lipinski definition) is 1. The predicted octanol–water partition coefficient (Wildman–Crippen LogP) is 3.31. The fourth-order valence-corrected chi connectivity index (χ4v) is 3.92. The van der Waals surface area contributed by atoms with Crippen LogP contribution in [-0.2, 0) is 0 Å². The predicted molar refractivity (Wildman–Crippen MR) is 71.0 cm³/mol. The summed E-state index contributed by atoms with van der Waals surface area (Å²) in [6.45, 7) is 0. The van der Waals surface area contributed by atoms with E-state index in [4.69, 9.17) is 0 Å². The molecule has 0 saturated heterocycles. The maximum atomic E-state index is 10.6. The molecule has 0 spiro atoms. The Balaban J connectivity index is 1.74. The van der Waals surface area contributed by atoms with Gasteiger partial charge in [0, 0.05) is 17.1 Å². The third-order valence-corrected chi connectivity index (χ3v) is 4.82. The van der Waals surface area contributed by atoms with Gasteiger partial charge in [-0.2, -0.15) is 0 Å². The lowest BCUT2D eigenvalue weighted by atomic mass is 9.97. The molecule has 2 aromatic rings. The lowest BCUT2D eigenvalue weighted by molar-refractivity contribution is 0.138. The average molecular weight is 239 g/mol. The fraction of sp³-hybridized carbons (Fsp3) is 0.438. The van der Waals surface area contributed by atoms with Gasteiger partial charge in [0.2, 0.25) is 0 Å². The minimum Gasteiger partial charge on any atom is -0.388 e. The molecule has 2 fully saturated rings. The van der Waals surface area contributed by atoms with Crippen molar-refractivity contribution in [1.82, 2.24) is 4.98 Å². The van der Waals surface area contributed by atoms with Crippen molar-refractivity contribution in [1.29, 1.82) is 0 Å². The molecule has 92 valence electrons. The Morgan fingerprint density at radius 2 is 1.89 bits per heavy atom. The molecule has 1 aromatic heterocycles. The number of aromatic nitrogens is 1. The Labute approximate surface area is 107 Å². The van der Waals surface area contributed by atoms with Crippen molar-refractivity contribution in [3.63, 3.8) is 0 Å². The molecule has 3 unspecified atom stereocenters. The van der Waals surface area contributed by atoms with Gasteiger partial charge in [-0.3, -0.25) is 4.98 Å². The number of hydrogen-bond acceptors (Lipinski definition) is 2. The van der Waals surface area contributed by atoms with E-state index in [0.717, 1.165) is 28.3 Å². The molecule has 1 N–H and O–H groups in total. The molecule has 0 radical (unpaired) electrons. The van der Waals surface area contributed by atoms with Crippen LogP contribution in [0.2, 0.25) is 0 Å². The van der Waals surface area contributed by atoms with E-state index in [1.165, 1.54) is 19.3 Å². The minimum atomic E-state index is -0.320. The molecular formula is C16H17NO. The van der Waals surface area contributed by atoms with Crippen molar-refractivity contribution >= 4 is 10.9 Å². The molecule has 18 heavy (non-hydrogen) atoms. The Hall–Kier alpha value is -1.41. The Morgan fingerprint density at radius 1 is 1.11 bits per heavy atom. The summed E-state index contributed by atoms with van der Waals surface area (Å²) in [5, 5.41) is 11.7. The zero-order valence-corrected chi connectivity index (χ0v) is 10.3. The molecule has 4 rings (SSSR count). The first kappa shape index (κ1) is 10.5. The summed E-state index contributed by atoms with van der Waals surface area (Å²) in [4.78, 5) is 4.45. The highest BCUT2D eigenvalue weighted by atomic mass is 16.3. The summed E-state index contributed by atoms with van der Waals surface area (Å²) in [6.07, 6.45) is 5.47. The Bertz CT molecular complexity index is 579. The number of fused-ring (bicyclic) bond motifs is 2. The van der Waals surface area contributed by atoms with Crippen LogP contribution < -0.4 is 0 Å². The summed E-state index contributed by atoms with van der Waals surface area (Å²) < 4.78 is 0. The molecule has 3 atom stereocenters. The maximum Gasteiger partial charge on any atom is 0.0844 e. The van der Waals surface area contributed by atoms with Crippen LogP contribution in [0.15, 0.2) is 36.5 Å². The van der Waals surface area contributed by atoms with E-state index in [1.807, 2.05) is 24.4 Å². The van der Waals surface area contributed by atoms with E-state index in [9.17, 15) is 5.11 Å². The van der Waals surface area contributed by atoms with Gasteiger partial charge in [-0.25, -0.2) is 0 Å². The largest absolute Gasteiger partial charge is 0.388 e. The zero-order valence-electron chi connectivity index (χ0n) is 10.3. The highest BCUT2D eigenvalue weighted by Crippen LogP contribution is 2.62. The van der Waals surface area contributed by atoms with Crippen molar-refractivity contribution in [3.8, 4) is 0 Å². The second-order valence-electron chi connectivity index (χ2n) is 5.70. The minimum absolute atomic E-state index is 0.320. The van der Waals surface area contributed by atoms with Crippen molar-refractivity contribution in [2.24, 2.45) is 17.8 Å². The zero-order chi connectivity index (χ0) is 12.1. The van der Waals surface area contributed by atoms with Crippen LogP contribution in [0, 0.1) is 17.8 Å². The van der Waals surface area contributed by atoms with Crippen molar-refractivity contribution in [3.05, 3.63) is 42.1 Å². The highest BCUT2D eigenvalue weighted by molar-refractivity contribution is 5.81. The summed E-state index contributed by atoms with van der Waals surface area (Å²) in [7, 11) is 0. The van der Waals surface area contributed by atoms with Crippen molar-refractivity contribution < 1.29 is 5.11 Å². The first-order valence-corrected chi connectivity index (χ1v) is 6.88. The normalized spacial score (nSPS) is 31.3. The lowest BCUT2D eigenvalue weighted by Gasteiger charge is -2.14. The average Bonchev–Trinajstić information content (AvgIpc) is 2.90. The summed E-state index contributed by atoms with van der Waals surface area (Å²) in [5.41, 5.74) is 1.99. The number of aliphatic hydroxyl groups is 1. The van der Waals surface area contributed by atoms with Gasteiger partial charge in [0.1, 0.15) is 0 Å². The van der Waals surface area contributed by atoms with Crippen molar-refractivity contribution in [2.45, 2.75) is 25.4 Å².